The summed E-state index contributed by atoms with van der Waals surface area (Å²) in [7, 11) is -3.17. The second-order valence-corrected chi connectivity index (χ2v) is 7.35. The first kappa shape index (κ1) is 16.1. The van der Waals surface area contributed by atoms with Crippen LogP contribution in [0.1, 0.15) is 13.8 Å². The molecule has 0 bridgehead atoms. The lowest BCUT2D eigenvalue weighted by Crippen LogP contribution is -2.52. The van der Waals surface area contributed by atoms with Crippen molar-refractivity contribution in [3.63, 3.8) is 0 Å². The molecule has 0 saturated carbocycles. The van der Waals surface area contributed by atoms with Crippen LogP contribution in [0.5, 0.6) is 0 Å². The van der Waals surface area contributed by atoms with Crippen molar-refractivity contribution in [2.75, 3.05) is 39.3 Å². The van der Waals surface area contributed by atoms with E-state index in [9.17, 15) is 13.2 Å². The van der Waals surface area contributed by atoms with Crippen LogP contribution in [0, 0.1) is 0 Å². The van der Waals surface area contributed by atoms with E-state index in [1.165, 1.54) is 4.31 Å². The number of rotatable bonds is 6. The fraction of sp³-hybridized carbons (Fsp3) is 0.750. The average Bonchev–Trinajstić information content (AvgIpc) is 2.36. The average molecular weight is 289 g/mol. The minimum absolute atomic E-state index is 0.0555. The van der Waals surface area contributed by atoms with Gasteiger partial charge in [-0.25, -0.2) is 8.42 Å². The highest BCUT2D eigenvalue weighted by Gasteiger charge is 2.29. The third-order valence-corrected chi connectivity index (χ3v) is 5.37. The highest BCUT2D eigenvalue weighted by molar-refractivity contribution is 7.89. The maximum absolute atomic E-state index is 12.0. The summed E-state index contributed by atoms with van der Waals surface area (Å²) in [6.07, 6.45) is 1.63. The van der Waals surface area contributed by atoms with Crippen LogP contribution < -0.4 is 5.32 Å². The van der Waals surface area contributed by atoms with E-state index in [1.807, 2.05) is 4.90 Å². The SMILES string of the molecule is C=CCNC(=O)CN1CCN(S(=O)(=O)C(C)C)CC1. The van der Waals surface area contributed by atoms with E-state index in [-0.39, 0.29) is 5.91 Å². The summed E-state index contributed by atoms with van der Waals surface area (Å²) in [5.74, 6) is -0.0555. The van der Waals surface area contributed by atoms with E-state index < -0.39 is 15.3 Å². The second kappa shape index (κ2) is 7.02. The Bertz CT molecular complexity index is 412. The lowest BCUT2D eigenvalue weighted by Gasteiger charge is -2.34. The summed E-state index contributed by atoms with van der Waals surface area (Å²) in [6.45, 7) is 9.76. The second-order valence-electron chi connectivity index (χ2n) is 4.86. The molecular weight excluding hydrogens is 266 g/mol. The van der Waals surface area contributed by atoms with Gasteiger partial charge in [-0.2, -0.15) is 4.31 Å². The fourth-order valence-electron chi connectivity index (χ4n) is 1.89. The van der Waals surface area contributed by atoms with Crippen molar-refractivity contribution in [1.29, 1.82) is 0 Å². The molecule has 7 heteroatoms. The lowest BCUT2D eigenvalue weighted by molar-refractivity contribution is -0.122. The van der Waals surface area contributed by atoms with Crippen molar-refractivity contribution in [3.05, 3.63) is 12.7 Å². The Kier molecular flexibility index (Phi) is 5.96. The first-order valence-electron chi connectivity index (χ1n) is 6.47. The molecule has 0 aromatic heterocycles. The van der Waals surface area contributed by atoms with Gasteiger partial charge < -0.3 is 5.32 Å². The maximum Gasteiger partial charge on any atom is 0.234 e. The predicted molar refractivity (Wildman–Crippen MR) is 75.3 cm³/mol. The zero-order chi connectivity index (χ0) is 14.5. The highest BCUT2D eigenvalue weighted by Crippen LogP contribution is 2.11. The molecular formula is C12H23N3O3S. The molecule has 1 aliphatic rings. The van der Waals surface area contributed by atoms with Crippen LogP contribution >= 0.6 is 0 Å². The van der Waals surface area contributed by atoms with Gasteiger partial charge in [0.2, 0.25) is 15.9 Å². The Labute approximate surface area is 115 Å². The molecule has 1 aliphatic heterocycles. The standard InChI is InChI=1S/C12H23N3O3S/c1-4-5-13-12(16)10-14-6-8-15(9-7-14)19(17,18)11(2)3/h4,11H,1,5-10H2,2-3H3,(H,13,16). The molecule has 19 heavy (non-hydrogen) atoms. The largest absolute Gasteiger partial charge is 0.352 e. The Morgan fingerprint density at radius 3 is 2.37 bits per heavy atom. The van der Waals surface area contributed by atoms with Crippen molar-refractivity contribution in [2.24, 2.45) is 0 Å². The van der Waals surface area contributed by atoms with Gasteiger partial charge in [0.1, 0.15) is 0 Å². The molecule has 0 spiro atoms. The summed E-state index contributed by atoms with van der Waals surface area (Å²) in [6, 6.07) is 0. The number of carbonyl (C=O) groups is 1. The first-order chi connectivity index (χ1) is 8.87. The number of carbonyl (C=O) groups excluding carboxylic acids is 1. The number of amides is 1. The molecule has 1 heterocycles. The molecule has 6 nitrogen and oxygen atoms in total. The van der Waals surface area contributed by atoms with E-state index in [0.717, 1.165) is 0 Å². The Hall–Kier alpha value is -0.920. The highest BCUT2D eigenvalue weighted by atomic mass is 32.2. The van der Waals surface area contributed by atoms with Gasteiger partial charge in [0.15, 0.2) is 0 Å². The van der Waals surface area contributed by atoms with Gasteiger partial charge in [0.25, 0.3) is 0 Å². The minimum Gasteiger partial charge on any atom is -0.352 e. The van der Waals surface area contributed by atoms with Crippen molar-refractivity contribution in [3.8, 4) is 0 Å². The number of sulfonamides is 1. The first-order valence-corrected chi connectivity index (χ1v) is 7.97. The molecule has 0 unspecified atom stereocenters. The van der Waals surface area contributed by atoms with Crippen molar-refractivity contribution in [2.45, 2.75) is 19.1 Å². The van der Waals surface area contributed by atoms with E-state index in [1.54, 1.807) is 19.9 Å². The van der Waals surface area contributed by atoms with Crippen LogP contribution in [0.3, 0.4) is 0 Å². The summed E-state index contributed by atoms with van der Waals surface area (Å²) < 4.78 is 25.5. The summed E-state index contributed by atoms with van der Waals surface area (Å²) in [4.78, 5) is 13.5. The third kappa shape index (κ3) is 4.59. The molecule has 0 aliphatic carbocycles. The van der Waals surface area contributed by atoms with Gasteiger partial charge in [-0.15, -0.1) is 6.58 Å². The smallest absolute Gasteiger partial charge is 0.234 e. The molecule has 0 radical (unpaired) electrons. The van der Waals surface area contributed by atoms with Gasteiger partial charge in [-0.1, -0.05) is 6.08 Å². The molecule has 1 amide bonds. The fourth-order valence-corrected chi connectivity index (χ4v) is 3.15. The van der Waals surface area contributed by atoms with Crippen molar-refractivity contribution in [1.82, 2.24) is 14.5 Å². The van der Waals surface area contributed by atoms with Gasteiger partial charge in [-0.3, -0.25) is 9.69 Å². The predicted octanol–water partition coefficient (Wildman–Crippen LogP) is -0.356. The molecule has 1 saturated heterocycles. The van der Waals surface area contributed by atoms with Crippen LogP contribution in [0.25, 0.3) is 0 Å². The summed E-state index contributed by atoms with van der Waals surface area (Å²) in [5.41, 5.74) is 0. The van der Waals surface area contributed by atoms with Crippen molar-refractivity contribution >= 4 is 15.9 Å². The monoisotopic (exact) mass is 289 g/mol. The van der Waals surface area contributed by atoms with Crippen LogP contribution in [-0.2, 0) is 14.8 Å². The van der Waals surface area contributed by atoms with E-state index in [4.69, 9.17) is 0 Å². The molecule has 110 valence electrons. The Morgan fingerprint density at radius 2 is 1.89 bits per heavy atom. The Morgan fingerprint density at radius 1 is 1.32 bits per heavy atom. The molecule has 1 rings (SSSR count). The quantitative estimate of drug-likeness (QED) is 0.678. The lowest BCUT2D eigenvalue weighted by atomic mass is 10.3. The Balaban J connectivity index is 2.41. The molecule has 0 atom stereocenters. The molecule has 0 aromatic carbocycles. The molecule has 1 fully saturated rings. The molecule has 1 N–H and O–H groups in total. The van der Waals surface area contributed by atoms with Crippen LogP contribution in [0.15, 0.2) is 12.7 Å². The van der Waals surface area contributed by atoms with Gasteiger partial charge >= 0.3 is 0 Å². The van der Waals surface area contributed by atoms with Gasteiger partial charge in [0.05, 0.1) is 11.8 Å². The molecule has 0 aromatic rings. The maximum atomic E-state index is 12.0. The number of nitrogens with one attached hydrogen (secondary N) is 1. The zero-order valence-electron chi connectivity index (χ0n) is 11.6. The third-order valence-electron chi connectivity index (χ3n) is 3.10. The zero-order valence-corrected chi connectivity index (χ0v) is 12.4. The normalized spacial score (nSPS) is 18.5. The van der Waals surface area contributed by atoms with Gasteiger partial charge in [-0.05, 0) is 13.8 Å². The van der Waals surface area contributed by atoms with Gasteiger partial charge in [0, 0.05) is 32.7 Å². The number of hydrogen-bond donors (Lipinski definition) is 1. The summed E-state index contributed by atoms with van der Waals surface area (Å²) >= 11 is 0. The van der Waals surface area contributed by atoms with E-state index >= 15 is 0 Å². The van der Waals surface area contributed by atoms with Crippen LogP contribution in [0.4, 0.5) is 0 Å². The number of nitrogens with zero attached hydrogens (tertiary/aromatic N) is 2. The van der Waals surface area contributed by atoms with E-state index in [2.05, 4.69) is 11.9 Å². The topological polar surface area (TPSA) is 69.7 Å². The number of piperazine rings is 1. The number of hydrogen-bond acceptors (Lipinski definition) is 4. The van der Waals surface area contributed by atoms with E-state index in [0.29, 0.717) is 39.3 Å². The minimum atomic E-state index is -3.17. The van der Waals surface area contributed by atoms with Crippen LogP contribution in [-0.4, -0.2) is 68.0 Å². The van der Waals surface area contributed by atoms with Crippen molar-refractivity contribution < 1.29 is 13.2 Å². The summed E-state index contributed by atoms with van der Waals surface area (Å²) in [5, 5.41) is 2.32. The van der Waals surface area contributed by atoms with Crippen LogP contribution in [0.2, 0.25) is 0 Å².